The van der Waals surface area contributed by atoms with E-state index >= 15 is 0 Å². The van der Waals surface area contributed by atoms with Gasteiger partial charge in [0.2, 0.25) is 0 Å². The number of phenols is 1. The van der Waals surface area contributed by atoms with Gasteiger partial charge in [0.25, 0.3) is 0 Å². The number of anilines is 1. The Labute approximate surface area is 115 Å². The van der Waals surface area contributed by atoms with Gasteiger partial charge < -0.3 is 10.0 Å². The summed E-state index contributed by atoms with van der Waals surface area (Å²) in [5, 5.41) is 9.37. The summed E-state index contributed by atoms with van der Waals surface area (Å²) in [4.78, 5) is 2.35. The Kier molecular flexibility index (Phi) is 4.10. The van der Waals surface area contributed by atoms with Gasteiger partial charge in [-0.15, -0.1) is 0 Å². The van der Waals surface area contributed by atoms with E-state index in [1.165, 1.54) is 16.8 Å². The van der Waals surface area contributed by atoms with Crippen molar-refractivity contribution in [2.24, 2.45) is 0 Å². The third-order valence-corrected chi connectivity index (χ3v) is 3.55. The first-order chi connectivity index (χ1) is 9.11. The summed E-state index contributed by atoms with van der Waals surface area (Å²) in [5.41, 5.74) is 3.71. The van der Waals surface area contributed by atoms with E-state index in [0.29, 0.717) is 5.75 Å². The lowest BCUT2D eigenvalue weighted by Gasteiger charge is -2.30. The number of hydrogen-bond acceptors (Lipinski definition) is 2. The van der Waals surface area contributed by atoms with Crippen LogP contribution in [0.2, 0.25) is 0 Å². The fourth-order valence-corrected chi connectivity index (χ4v) is 2.35. The van der Waals surface area contributed by atoms with Gasteiger partial charge in [-0.25, -0.2) is 0 Å². The molecule has 100 valence electrons. The van der Waals surface area contributed by atoms with E-state index in [4.69, 9.17) is 0 Å². The van der Waals surface area contributed by atoms with Crippen LogP contribution in [0, 0.1) is 6.92 Å². The van der Waals surface area contributed by atoms with Gasteiger partial charge in [-0.2, -0.15) is 0 Å². The second kappa shape index (κ2) is 5.79. The maximum absolute atomic E-state index is 9.37. The van der Waals surface area contributed by atoms with Crippen LogP contribution in [0.3, 0.4) is 0 Å². The molecule has 0 amide bonds. The van der Waals surface area contributed by atoms with E-state index in [1.807, 2.05) is 12.1 Å². The summed E-state index contributed by atoms with van der Waals surface area (Å²) in [6.45, 7) is 7.40. The molecule has 19 heavy (non-hydrogen) atoms. The summed E-state index contributed by atoms with van der Waals surface area (Å²) in [7, 11) is 0. The highest BCUT2D eigenvalue weighted by Gasteiger charge is 2.14. The Hall–Kier alpha value is -1.96. The van der Waals surface area contributed by atoms with Crippen LogP contribution >= 0.6 is 0 Å². The van der Waals surface area contributed by atoms with Crippen LogP contribution in [0.25, 0.3) is 0 Å². The number of hydrogen-bond donors (Lipinski definition) is 1. The average molecular weight is 255 g/mol. The van der Waals surface area contributed by atoms with Gasteiger partial charge in [-0.1, -0.05) is 29.8 Å². The van der Waals surface area contributed by atoms with Crippen molar-refractivity contribution in [3.05, 3.63) is 59.7 Å². The first-order valence-electron chi connectivity index (χ1n) is 6.74. The lowest BCUT2D eigenvalue weighted by atomic mass is 10.1. The highest BCUT2D eigenvalue weighted by atomic mass is 16.3. The molecule has 2 heteroatoms. The Bertz CT molecular complexity index is 516. The van der Waals surface area contributed by atoms with Gasteiger partial charge in [-0.3, -0.25) is 0 Å². The fourth-order valence-electron chi connectivity index (χ4n) is 2.35. The molecule has 0 aliphatic heterocycles. The maximum Gasteiger partial charge on any atom is 0.115 e. The molecule has 2 nitrogen and oxygen atoms in total. The molecule has 1 atom stereocenters. The molecule has 0 saturated heterocycles. The minimum absolute atomic E-state index is 0.285. The van der Waals surface area contributed by atoms with E-state index in [1.54, 1.807) is 12.1 Å². The van der Waals surface area contributed by atoms with E-state index < -0.39 is 0 Å². The molecule has 0 aliphatic rings. The molecule has 2 aromatic carbocycles. The quantitative estimate of drug-likeness (QED) is 0.881. The molecule has 1 N–H and O–H groups in total. The second-order valence-electron chi connectivity index (χ2n) is 4.89. The number of benzene rings is 2. The first kappa shape index (κ1) is 13.5. The van der Waals surface area contributed by atoms with E-state index in [2.05, 4.69) is 49.9 Å². The average Bonchev–Trinajstić information content (AvgIpc) is 2.42. The van der Waals surface area contributed by atoms with Crippen LogP contribution < -0.4 is 4.90 Å². The topological polar surface area (TPSA) is 23.5 Å². The number of nitrogens with zero attached hydrogens (tertiary/aromatic N) is 1. The predicted molar refractivity (Wildman–Crippen MR) is 80.7 cm³/mol. The van der Waals surface area contributed by atoms with Gasteiger partial charge in [0, 0.05) is 12.2 Å². The first-order valence-corrected chi connectivity index (χ1v) is 6.74. The minimum atomic E-state index is 0.285. The Morgan fingerprint density at radius 3 is 2.11 bits per heavy atom. The van der Waals surface area contributed by atoms with Crippen molar-refractivity contribution in [1.82, 2.24) is 0 Å². The van der Waals surface area contributed by atoms with E-state index in [9.17, 15) is 5.11 Å². The zero-order valence-electron chi connectivity index (χ0n) is 11.8. The SMILES string of the molecule is CCN(c1ccc(C)cc1)C(C)c1ccc(O)cc1. The highest BCUT2D eigenvalue weighted by molar-refractivity contribution is 5.49. The van der Waals surface area contributed by atoms with Crippen molar-refractivity contribution in [1.29, 1.82) is 0 Å². The van der Waals surface area contributed by atoms with Crippen LogP contribution in [-0.2, 0) is 0 Å². The number of rotatable bonds is 4. The highest BCUT2D eigenvalue weighted by Crippen LogP contribution is 2.27. The summed E-state index contributed by atoms with van der Waals surface area (Å²) >= 11 is 0. The van der Waals surface area contributed by atoms with Crippen LogP contribution in [0.4, 0.5) is 5.69 Å². The third-order valence-electron chi connectivity index (χ3n) is 3.55. The van der Waals surface area contributed by atoms with Gasteiger partial charge in [0.05, 0.1) is 6.04 Å². The molecule has 1 unspecified atom stereocenters. The zero-order chi connectivity index (χ0) is 13.8. The second-order valence-corrected chi connectivity index (χ2v) is 4.89. The molecule has 2 rings (SSSR count). The molecule has 2 aromatic rings. The van der Waals surface area contributed by atoms with Crippen molar-refractivity contribution in [3.8, 4) is 5.75 Å². The summed E-state index contributed by atoms with van der Waals surface area (Å²) in [6.07, 6.45) is 0. The van der Waals surface area contributed by atoms with Gasteiger partial charge in [0.15, 0.2) is 0 Å². The van der Waals surface area contributed by atoms with Crippen LogP contribution in [0.1, 0.15) is 31.0 Å². The third kappa shape index (κ3) is 3.08. The van der Waals surface area contributed by atoms with E-state index in [0.717, 1.165) is 6.54 Å². The standard InChI is InChI=1S/C17H21NO/c1-4-18(16-9-5-13(2)6-10-16)14(3)15-7-11-17(19)12-8-15/h5-12,14,19H,4H2,1-3H3. The van der Waals surface area contributed by atoms with Crippen LogP contribution in [0.15, 0.2) is 48.5 Å². The van der Waals surface area contributed by atoms with Crippen molar-refractivity contribution in [2.45, 2.75) is 26.8 Å². The number of aryl methyl sites for hydroxylation is 1. The maximum atomic E-state index is 9.37. The summed E-state index contributed by atoms with van der Waals surface area (Å²) < 4.78 is 0. The largest absolute Gasteiger partial charge is 0.508 e. The van der Waals surface area contributed by atoms with Crippen molar-refractivity contribution in [2.75, 3.05) is 11.4 Å². The predicted octanol–water partition coefficient (Wildman–Crippen LogP) is 4.29. The lowest BCUT2D eigenvalue weighted by molar-refractivity contribution is 0.475. The van der Waals surface area contributed by atoms with Crippen LogP contribution in [0.5, 0.6) is 5.75 Å². The zero-order valence-corrected chi connectivity index (χ0v) is 11.8. The number of phenolic OH excluding ortho intramolecular Hbond substituents is 1. The molecule has 0 bridgehead atoms. The minimum Gasteiger partial charge on any atom is -0.508 e. The van der Waals surface area contributed by atoms with Crippen molar-refractivity contribution < 1.29 is 5.11 Å². The smallest absolute Gasteiger partial charge is 0.115 e. The molecular formula is C17H21NO. The molecule has 0 spiro atoms. The number of aromatic hydroxyl groups is 1. The Morgan fingerprint density at radius 2 is 1.58 bits per heavy atom. The van der Waals surface area contributed by atoms with E-state index in [-0.39, 0.29) is 6.04 Å². The summed E-state index contributed by atoms with van der Waals surface area (Å²) in [6, 6.07) is 16.3. The Balaban J connectivity index is 2.26. The monoisotopic (exact) mass is 255 g/mol. The summed E-state index contributed by atoms with van der Waals surface area (Å²) in [5.74, 6) is 0.314. The molecular weight excluding hydrogens is 234 g/mol. The molecule has 0 radical (unpaired) electrons. The van der Waals surface area contributed by atoms with Gasteiger partial charge in [0.1, 0.15) is 5.75 Å². The lowest BCUT2D eigenvalue weighted by Crippen LogP contribution is -2.26. The molecule has 0 saturated carbocycles. The fraction of sp³-hybridized carbons (Fsp3) is 0.294. The Morgan fingerprint density at radius 1 is 1.00 bits per heavy atom. The molecule has 0 fully saturated rings. The van der Waals surface area contributed by atoms with Crippen molar-refractivity contribution >= 4 is 5.69 Å². The molecule has 0 heterocycles. The van der Waals surface area contributed by atoms with Crippen LogP contribution in [-0.4, -0.2) is 11.7 Å². The normalized spacial score (nSPS) is 12.2. The van der Waals surface area contributed by atoms with Gasteiger partial charge >= 0.3 is 0 Å². The molecule has 0 aliphatic carbocycles. The molecule has 0 aromatic heterocycles. The van der Waals surface area contributed by atoms with Crippen molar-refractivity contribution in [3.63, 3.8) is 0 Å². The van der Waals surface area contributed by atoms with Gasteiger partial charge in [-0.05, 0) is 50.6 Å².